The summed E-state index contributed by atoms with van der Waals surface area (Å²) in [4.78, 5) is 25.5. The van der Waals surface area contributed by atoms with Gasteiger partial charge in [0.25, 0.3) is 5.78 Å². The Balaban J connectivity index is 4.66. The summed E-state index contributed by atoms with van der Waals surface area (Å²) < 4.78 is 14.7. The highest BCUT2D eigenvalue weighted by Gasteiger charge is 2.32. The van der Waals surface area contributed by atoms with Crippen LogP contribution in [0.1, 0.15) is 6.42 Å². The van der Waals surface area contributed by atoms with Gasteiger partial charge in [-0.05, 0) is 0 Å². The molecule has 0 spiro atoms. The molecule has 0 saturated carbocycles. The molecule has 0 aliphatic carbocycles. The fraction of sp³-hybridized carbons (Fsp3) is 0.417. The molecule has 7 nitrogen and oxygen atoms in total. The van der Waals surface area contributed by atoms with Gasteiger partial charge in [0, 0.05) is 0 Å². The SMILES string of the molecule is C=CCOC(CC(=O)C(=[N+]=[N-])C(=O)OC)OCC=C. The lowest BCUT2D eigenvalue weighted by atomic mass is 10.2. The van der Waals surface area contributed by atoms with E-state index in [2.05, 4.69) is 22.7 Å². The van der Waals surface area contributed by atoms with Crippen molar-refractivity contribution in [2.24, 2.45) is 0 Å². The molecule has 0 aromatic heterocycles. The van der Waals surface area contributed by atoms with Crippen LogP contribution in [0.3, 0.4) is 0 Å². The van der Waals surface area contributed by atoms with Gasteiger partial charge >= 0.3 is 11.7 Å². The third-order valence-electron chi connectivity index (χ3n) is 1.89. The van der Waals surface area contributed by atoms with Crippen LogP contribution in [0.25, 0.3) is 5.53 Å². The molecule has 0 N–H and O–H groups in total. The average molecular weight is 268 g/mol. The first kappa shape index (κ1) is 16.9. The number of ketones is 1. The molecule has 0 fully saturated rings. The first-order valence-electron chi connectivity index (χ1n) is 5.39. The van der Waals surface area contributed by atoms with E-state index < -0.39 is 23.8 Å². The number of carbonyl (C=O) groups is 2. The highest BCUT2D eigenvalue weighted by molar-refractivity contribution is 6.62. The number of nitrogens with zero attached hydrogens (tertiary/aromatic N) is 2. The van der Waals surface area contributed by atoms with Gasteiger partial charge in [-0.15, -0.1) is 13.2 Å². The molecule has 0 unspecified atom stereocenters. The first-order chi connectivity index (χ1) is 9.10. The molecule has 0 aliphatic rings. The van der Waals surface area contributed by atoms with Gasteiger partial charge in [0.2, 0.25) is 0 Å². The van der Waals surface area contributed by atoms with E-state index in [1.54, 1.807) is 0 Å². The van der Waals surface area contributed by atoms with E-state index in [-0.39, 0.29) is 19.6 Å². The Kier molecular flexibility index (Phi) is 8.82. The van der Waals surface area contributed by atoms with Gasteiger partial charge in [0.15, 0.2) is 6.29 Å². The molecule has 0 heterocycles. The minimum absolute atomic E-state index is 0.166. The smallest absolute Gasteiger partial charge is 0.441 e. The van der Waals surface area contributed by atoms with E-state index in [4.69, 9.17) is 15.0 Å². The van der Waals surface area contributed by atoms with Crippen LogP contribution in [-0.4, -0.2) is 48.9 Å². The standard InChI is InChI=1S/C12H16N2O5/c1-4-6-18-10(19-7-5-2)8-9(15)11(14-13)12(16)17-3/h4-5,10H,1-2,6-8H2,3H3. The first-order valence-corrected chi connectivity index (χ1v) is 5.39. The van der Waals surface area contributed by atoms with Crippen LogP contribution in [-0.2, 0) is 23.8 Å². The number of hydrogen-bond acceptors (Lipinski definition) is 5. The maximum Gasteiger partial charge on any atom is 0.441 e. The Morgan fingerprint density at radius 1 is 1.26 bits per heavy atom. The second kappa shape index (κ2) is 9.90. The van der Waals surface area contributed by atoms with E-state index >= 15 is 0 Å². The van der Waals surface area contributed by atoms with Gasteiger partial charge in [-0.1, -0.05) is 12.2 Å². The van der Waals surface area contributed by atoms with E-state index in [0.717, 1.165) is 7.11 Å². The minimum Gasteiger partial charge on any atom is -0.460 e. The summed E-state index contributed by atoms with van der Waals surface area (Å²) in [5.41, 5.74) is 7.90. The van der Waals surface area contributed by atoms with Crippen LogP contribution in [0, 0.1) is 0 Å². The van der Waals surface area contributed by atoms with Gasteiger partial charge in [-0.3, -0.25) is 4.79 Å². The third-order valence-corrected chi connectivity index (χ3v) is 1.89. The predicted molar refractivity (Wildman–Crippen MR) is 66.4 cm³/mol. The molecular weight excluding hydrogens is 252 g/mol. The molecule has 0 atom stereocenters. The lowest BCUT2D eigenvalue weighted by Crippen LogP contribution is -2.31. The molecule has 0 amide bonds. The van der Waals surface area contributed by atoms with Crippen LogP contribution in [0.15, 0.2) is 25.3 Å². The summed E-state index contributed by atoms with van der Waals surface area (Å²) in [7, 11) is 1.07. The van der Waals surface area contributed by atoms with Crippen molar-refractivity contribution in [3.05, 3.63) is 30.8 Å². The maximum atomic E-state index is 11.7. The van der Waals surface area contributed by atoms with Crippen molar-refractivity contribution >= 4 is 17.5 Å². The van der Waals surface area contributed by atoms with Gasteiger partial charge < -0.3 is 19.7 Å². The molecule has 0 radical (unpaired) electrons. The number of esters is 1. The monoisotopic (exact) mass is 268 g/mol. The Morgan fingerprint density at radius 3 is 2.16 bits per heavy atom. The number of Topliss-reactive ketones (excluding diaryl/α,β-unsaturated/α-hetero) is 1. The molecule has 104 valence electrons. The number of methoxy groups -OCH3 is 1. The fourth-order valence-electron chi connectivity index (χ4n) is 1.07. The summed E-state index contributed by atoms with van der Waals surface area (Å²) >= 11 is 0. The molecule has 0 aliphatic heterocycles. The lowest BCUT2D eigenvalue weighted by molar-refractivity contribution is -0.148. The van der Waals surface area contributed by atoms with Crippen molar-refractivity contribution < 1.29 is 28.6 Å². The largest absolute Gasteiger partial charge is 0.460 e. The Bertz CT molecular complexity index is 387. The van der Waals surface area contributed by atoms with E-state index in [1.165, 1.54) is 12.2 Å². The van der Waals surface area contributed by atoms with Gasteiger partial charge in [0.05, 0.1) is 26.7 Å². The highest BCUT2D eigenvalue weighted by Crippen LogP contribution is 2.04. The average Bonchev–Trinajstić information content (AvgIpc) is 2.42. The van der Waals surface area contributed by atoms with E-state index in [0.29, 0.717) is 0 Å². The lowest BCUT2D eigenvalue weighted by Gasteiger charge is -2.14. The van der Waals surface area contributed by atoms with Crippen LogP contribution in [0.5, 0.6) is 0 Å². The number of ether oxygens (including phenoxy) is 3. The molecule has 0 rings (SSSR count). The molecule has 19 heavy (non-hydrogen) atoms. The maximum absolute atomic E-state index is 11.7. The zero-order valence-electron chi connectivity index (χ0n) is 10.7. The topological polar surface area (TPSA) is 98.2 Å². The second-order valence-electron chi connectivity index (χ2n) is 3.24. The minimum atomic E-state index is -1.03. The predicted octanol–water partition coefficient (Wildman–Crippen LogP) is 0.521. The van der Waals surface area contributed by atoms with E-state index in [1.807, 2.05) is 0 Å². The fourth-order valence-corrected chi connectivity index (χ4v) is 1.07. The number of hydrogen-bond donors (Lipinski definition) is 0. The number of rotatable bonds is 10. The molecule has 0 aromatic carbocycles. The van der Waals surface area contributed by atoms with Crippen molar-refractivity contribution in [1.82, 2.24) is 0 Å². The van der Waals surface area contributed by atoms with Crippen LogP contribution in [0.4, 0.5) is 0 Å². The van der Waals surface area contributed by atoms with Crippen molar-refractivity contribution in [2.75, 3.05) is 20.3 Å². The highest BCUT2D eigenvalue weighted by atomic mass is 16.7. The molecule has 7 heteroatoms. The van der Waals surface area contributed by atoms with Gasteiger partial charge in [0.1, 0.15) is 0 Å². The Labute approximate surface area is 111 Å². The van der Waals surface area contributed by atoms with Crippen molar-refractivity contribution in [1.29, 1.82) is 0 Å². The van der Waals surface area contributed by atoms with E-state index in [9.17, 15) is 9.59 Å². The normalized spacial score (nSPS) is 9.58. The summed E-state index contributed by atoms with van der Waals surface area (Å²) in [6.07, 6.45) is 1.77. The zero-order chi connectivity index (χ0) is 14.7. The van der Waals surface area contributed by atoms with Crippen molar-refractivity contribution in [3.8, 4) is 0 Å². The van der Waals surface area contributed by atoms with Crippen LogP contribution >= 0.6 is 0 Å². The Hall–Kier alpha value is -2.08. The Morgan fingerprint density at radius 2 is 1.79 bits per heavy atom. The summed E-state index contributed by atoms with van der Waals surface area (Å²) in [6, 6.07) is 0. The van der Waals surface area contributed by atoms with Gasteiger partial charge in [-0.25, -0.2) is 4.79 Å². The van der Waals surface area contributed by atoms with Crippen LogP contribution in [0.2, 0.25) is 0 Å². The molecular formula is C12H16N2O5. The quantitative estimate of drug-likeness (QED) is 0.109. The summed E-state index contributed by atoms with van der Waals surface area (Å²) in [5, 5.41) is 0. The zero-order valence-corrected chi connectivity index (χ0v) is 10.7. The number of carbonyl (C=O) groups excluding carboxylic acids is 2. The van der Waals surface area contributed by atoms with Crippen molar-refractivity contribution in [3.63, 3.8) is 0 Å². The summed E-state index contributed by atoms with van der Waals surface area (Å²) in [5.74, 6) is -1.79. The third kappa shape index (κ3) is 6.42. The van der Waals surface area contributed by atoms with Gasteiger partial charge in [-0.2, -0.15) is 4.79 Å². The van der Waals surface area contributed by atoms with Crippen molar-refractivity contribution in [2.45, 2.75) is 12.7 Å². The molecule has 0 bridgehead atoms. The summed E-state index contributed by atoms with van der Waals surface area (Å²) in [6.45, 7) is 7.25. The van der Waals surface area contributed by atoms with Crippen LogP contribution < -0.4 is 0 Å². The molecule has 0 saturated heterocycles. The molecule has 0 aromatic rings. The second-order valence-corrected chi connectivity index (χ2v) is 3.24.